The lowest BCUT2D eigenvalue weighted by Gasteiger charge is -2.19. The van der Waals surface area contributed by atoms with Crippen molar-refractivity contribution in [2.75, 3.05) is 18.5 Å². The van der Waals surface area contributed by atoms with Crippen molar-refractivity contribution in [3.8, 4) is 0 Å². The summed E-state index contributed by atoms with van der Waals surface area (Å²) in [5.74, 6) is 0. The first kappa shape index (κ1) is 11.8. The van der Waals surface area contributed by atoms with Crippen LogP contribution in [-0.4, -0.2) is 18.7 Å². The van der Waals surface area contributed by atoms with Gasteiger partial charge in [0.05, 0.1) is 6.10 Å². The minimum atomic E-state index is -0.398. The molecular weight excluding hydrogens is 186 g/mol. The topological polar surface area (TPSA) is 23.5 Å². The predicted molar refractivity (Wildman–Crippen MR) is 65.2 cm³/mol. The van der Waals surface area contributed by atoms with Crippen molar-refractivity contribution in [2.45, 2.75) is 20.0 Å². The van der Waals surface area contributed by atoms with Gasteiger partial charge in [0, 0.05) is 19.3 Å². The van der Waals surface area contributed by atoms with Crippen LogP contribution in [0.3, 0.4) is 0 Å². The quantitative estimate of drug-likeness (QED) is 0.764. The SMILES string of the molecule is C=C(C)CN(C)c1ccc(C(C)O)cc1. The molecule has 0 fully saturated rings. The van der Waals surface area contributed by atoms with Crippen molar-refractivity contribution >= 4 is 5.69 Å². The Labute approximate surface area is 91.9 Å². The Bertz CT molecular complexity index is 327. The van der Waals surface area contributed by atoms with Crippen molar-refractivity contribution in [3.05, 3.63) is 42.0 Å². The molecule has 82 valence electrons. The van der Waals surface area contributed by atoms with E-state index in [0.717, 1.165) is 23.4 Å². The van der Waals surface area contributed by atoms with E-state index in [0.29, 0.717) is 0 Å². The molecule has 0 aliphatic rings. The van der Waals surface area contributed by atoms with Crippen LogP contribution >= 0.6 is 0 Å². The van der Waals surface area contributed by atoms with Crippen LogP contribution in [0.15, 0.2) is 36.4 Å². The molecule has 15 heavy (non-hydrogen) atoms. The lowest BCUT2D eigenvalue weighted by Crippen LogP contribution is -2.18. The van der Waals surface area contributed by atoms with E-state index in [2.05, 4.69) is 11.5 Å². The Morgan fingerprint density at radius 1 is 1.40 bits per heavy atom. The number of hydrogen-bond donors (Lipinski definition) is 1. The van der Waals surface area contributed by atoms with Gasteiger partial charge in [-0.3, -0.25) is 0 Å². The van der Waals surface area contributed by atoms with Gasteiger partial charge < -0.3 is 10.0 Å². The van der Waals surface area contributed by atoms with Gasteiger partial charge in [-0.2, -0.15) is 0 Å². The molecule has 0 heterocycles. The summed E-state index contributed by atoms with van der Waals surface area (Å²) in [6, 6.07) is 7.94. The molecule has 1 aromatic rings. The first-order chi connectivity index (χ1) is 7.00. The van der Waals surface area contributed by atoms with E-state index >= 15 is 0 Å². The monoisotopic (exact) mass is 205 g/mol. The predicted octanol–water partition coefficient (Wildman–Crippen LogP) is 2.75. The third kappa shape index (κ3) is 3.40. The summed E-state index contributed by atoms with van der Waals surface area (Å²) in [6.07, 6.45) is -0.398. The Kier molecular flexibility index (Phi) is 3.92. The van der Waals surface area contributed by atoms with E-state index in [-0.39, 0.29) is 0 Å². The van der Waals surface area contributed by atoms with Gasteiger partial charge in [0.1, 0.15) is 0 Å². The third-order valence-corrected chi connectivity index (χ3v) is 2.32. The van der Waals surface area contributed by atoms with Crippen molar-refractivity contribution in [1.82, 2.24) is 0 Å². The summed E-state index contributed by atoms with van der Waals surface area (Å²) in [5, 5.41) is 9.37. The Morgan fingerprint density at radius 2 is 1.93 bits per heavy atom. The first-order valence-corrected chi connectivity index (χ1v) is 5.14. The van der Waals surface area contributed by atoms with Gasteiger partial charge in [-0.15, -0.1) is 0 Å². The highest BCUT2D eigenvalue weighted by Crippen LogP contribution is 2.18. The minimum absolute atomic E-state index is 0.398. The highest BCUT2D eigenvalue weighted by Gasteiger charge is 2.03. The van der Waals surface area contributed by atoms with Crippen LogP contribution in [0.2, 0.25) is 0 Å². The maximum atomic E-state index is 9.37. The number of likely N-dealkylation sites (N-methyl/N-ethyl adjacent to an activating group) is 1. The van der Waals surface area contributed by atoms with Crippen LogP contribution in [0.25, 0.3) is 0 Å². The van der Waals surface area contributed by atoms with Crippen LogP contribution in [0.1, 0.15) is 25.5 Å². The number of benzene rings is 1. The molecule has 2 heteroatoms. The van der Waals surface area contributed by atoms with E-state index < -0.39 is 6.10 Å². The molecule has 1 unspecified atom stereocenters. The zero-order valence-corrected chi connectivity index (χ0v) is 9.70. The Morgan fingerprint density at radius 3 is 2.33 bits per heavy atom. The number of anilines is 1. The Hall–Kier alpha value is -1.28. The molecule has 1 aromatic carbocycles. The number of aliphatic hydroxyl groups is 1. The molecule has 0 bridgehead atoms. The molecule has 1 atom stereocenters. The van der Waals surface area contributed by atoms with Gasteiger partial charge in [0.25, 0.3) is 0 Å². The average Bonchev–Trinajstić information content (AvgIpc) is 2.17. The van der Waals surface area contributed by atoms with Crippen molar-refractivity contribution < 1.29 is 5.11 Å². The molecule has 1 N–H and O–H groups in total. The summed E-state index contributed by atoms with van der Waals surface area (Å²) >= 11 is 0. The molecule has 0 saturated heterocycles. The van der Waals surface area contributed by atoms with Gasteiger partial charge in [-0.05, 0) is 31.5 Å². The van der Waals surface area contributed by atoms with Crippen LogP contribution in [-0.2, 0) is 0 Å². The fourth-order valence-corrected chi connectivity index (χ4v) is 1.50. The van der Waals surface area contributed by atoms with Gasteiger partial charge in [-0.25, -0.2) is 0 Å². The molecule has 0 aliphatic heterocycles. The lowest BCUT2D eigenvalue weighted by atomic mass is 10.1. The number of aliphatic hydroxyl groups excluding tert-OH is 1. The standard InChI is InChI=1S/C13H19NO/c1-10(2)9-14(4)13-7-5-12(6-8-13)11(3)15/h5-8,11,15H,1,9H2,2-4H3. The number of hydrogen-bond acceptors (Lipinski definition) is 2. The average molecular weight is 205 g/mol. The molecular formula is C13H19NO. The van der Waals surface area contributed by atoms with Gasteiger partial charge in [-0.1, -0.05) is 24.3 Å². The third-order valence-electron chi connectivity index (χ3n) is 2.32. The van der Waals surface area contributed by atoms with Crippen molar-refractivity contribution in [3.63, 3.8) is 0 Å². The highest BCUT2D eigenvalue weighted by atomic mass is 16.3. The van der Waals surface area contributed by atoms with Crippen LogP contribution in [0.5, 0.6) is 0 Å². The first-order valence-electron chi connectivity index (χ1n) is 5.14. The zero-order valence-electron chi connectivity index (χ0n) is 9.70. The van der Waals surface area contributed by atoms with E-state index in [1.165, 1.54) is 0 Å². The highest BCUT2D eigenvalue weighted by molar-refractivity contribution is 5.48. The molecule has 0 aromatic heterocycles. The molecule has 0 radical (unpaired) electrons. The largest absolute Gasteiger partial charge is 0.389 e. The normalized spacial score (nSPS) is 12.3. The zero-order chi connectivity index (χ0) is 11.4. The Balaban J connectivity index is 2.75. The number of rotatable bonds is 4. The van der Waals surface area contributed by atoms with Crippen LogP contribution < -0.4 is 4.90 Å². The fraction of sp³-hybridized carbons (Fsp3) is 0.385. The van der Waals surface area contributed by atoms with Crippen LogP contribution in [0.4, 0.5) is 5.69 Å². The van der Waals surface area contributed by atoms with Gasteiger partial charge in [0.15, 0.2) is 0 Å². The summed E-state index contributed by atoms with van der Waals surface area (Å²) in [4.78, 5) is 2.13. The van der Waals surface area contributed by atoms with Crippen LogP contribution in [0, 0.1) is 0 Å². The summed E-state index contributed by atoms with van der Waals surface area (Å²) in [6.45, 7) is 8.52. The summed E-state index contributed by atoms with van der Waals surface area (Å²) in [7, 11) is 2.03. The van der Waals surface area contributed by atoms with Crippen molar-refractivity contribution in [1.29, 1.82) is 0 Å². The lowest BCUT2D eigenvalue weighted by molar-refractivity contribution is 0.199. The van der Waals surface area contributed by atoms with E-state index in [1.54, 1.807) is 6.92 Å². The fourth-order valence-electron chi connectivity index (χ4n) is 1.50. The van der Waals surface area contributed by atoms with Gasteiger partial charge >= 0.3 is 0 Å². The van der Waals surface area contributed by atoms with E-state index in [9.17, 15) is 5.11 Å². The molecule has 2 nitrogen and oxygen atoms in total. The van der Waals surface area contributed by atoms with E-state index in [1.807, 2.05) is 38.2 Å². The molecule has 0 amide bonds. The second-order valence-electron chi connectivity index (χ2n) is 4.08. The maximum Gasteiger partial charge on any atom is 0.0761 e. The molecule has 0 aliphatic carbocycles. The molecule has 0 saturated carbocycles. The second kappa shape index (κ2) is 4.99. The number of nitrogens with zero attached hydrogens (tertiary/aromatic N) is 1. The molecule has 0 spiro atoms. The second-order valence-corrected chi connectivity index (χ2v) is 4.08. The van der Waals surface area contributed by atoms with Crippen molar-refractivity contribution in [2.24, 2.45) is 0 Å². The van der Waals surface area contributed by atoms with E-state index in [4.69, 9.17) is 0 Å². The molecule has 1 rings (SSSR count). The maximum absolute atomic E-state index is 9.37. The summed E-state index contributed by atoms with van der Waals surface area (Å²) in [5.41, 5.74) is 3.22. The smallest absolute Gasteiger partial charge is 0.0761 e. The minimum Gasteiger partial charge on any atom is -0.389 e. The summed E-state index contributed by atoms with van der Waals surface area (Å²) < 4.78 is 0. The van der Waals surface area contributed by atoms with Gasteiger partial charge in [0.2, 0.25) is 0 Å².